The molecule has 0 aromatic carbocycles. The van der Waals surface area contributed by atoms with Crippen molar-refractivity contribution in [1.82, 2.24) is 9.78 Å². The summed E-state index contributed by atoms with van der Waals surface area (Å²) in [7, 11) is 0. The Morgan fingerprint density at radius 2 is 2.16 bits per heavy atom. The molecule has 19 heavy (non-hydrogen) atoms. The van der Waals surface area contributed by atoms with Crippen LogP contribution in [-0.4, -0.2) is 34.1 Å². The SMILES string of the molecule is CCn1nc(C)c(Cl)c1CC1(C(=O)O)CCOCC1. The molecule has 1 aromatic heterocycles. The number of carboxylic acids is 1. The number of aromatic nitrogens is 2. The van der Waals surface area contributed by atoms with Crippen LogP contribution < -0.4 is 0 Å². The predicted octanol–water partition coefficient (Wildman–Crippen LogP) is 2.29. The van der Waals surface area contributed by atoms with E-state index in [1.54, 1.807) is 4.68 Å². The Morgan fingerprint density at radius 3 is 2.68 bits per heavy atom. The van der Waals surface area contributed by atoms with E-state index in [4.69, 9.17) is 16.3 Å². The molecule has 1 saturated heterocycles. The quantitative estimate of drug-likeness (QED) is 0.922. The standard InChI is InChI=1S/C13H19ClN2O3/c1-3-16-10(11(14)9(2)15-16)8-13(12(17)18)4-6-19-7-5-13/h3-8H2,1-2H3,(H,17,18). The molecule has 0 saturated carbocycles. The zero-order valence-corrected chi connectivity index (χ0v) is 12.0. The number of aliphatic carboxylic acids is 1. The van der Waals surface area contributed by atoms with Crippen molar-refractivity contribution in [2.45, 2.75) is 39.7 Å². The number of hydrogen-bond acceptors (Lipinski definition) is 3. The molecular formula is C13H19ClN2O3. The van der Waals surface area contributed by atoms with Crippen molar-refractivity contribution < 1.29 is 14.6 Å². The number of rotatable bonds is 4. The predicted molar refractivity (Wildman–Crippen MR) is 71.5 cm³/mol. The maximum absolute atomic E-state index is 11.7. The van der Waals surface area contributed by atoms with Gasteiger partial charge in [-0.15, -0.1) is 0 Å². The number of ether oxygens (including phenoxy) is 1. The highest BCUT2D eigenvalue weighted by Gasteiger charge is 2.41. The molecule has 1 aromatic rings. The largest absolute Gasteiger partial charge is 0.481 e. The van der Waals surface area contributed by atoms with Crippen molar-refractivity contribution >= 4 is 17.6 Å². The van der Waals surface area contributed by atoms with Gasteiger partial charge in [0.15, 0.2) is 0 Å². The molecule has 0 unspecified atom stereocenters. The number of halogens is 1. The third-order valence-corrected chi connectivity index (χ3v) is 4.35. The van der Waals surface area contributed by atoms with Gasteiger partial charge in [0.1, 0.15) is 0 Å². The van der Waals surface area contributed by atoms with Crippen molar-refractivity contribution in [2.75, 3.05) is 13.2 Å². The Morgan fingerprint density at radius 1 is 1.53 bits per heavy atom. The number of carbonyl (C=O) groups is 1. The summed E-state index contributed by atoms with van der Waals surface area (Å²) >= 11 is 6.27. The van der Waals surface area contributed by atoms with E-state index in [0.29, 0.717) is 44.0 Å². The first-order valence-corrected chi connectivity index (χ1v) is 6.91. The van der Waals surface area contributed by atoms with Gasteiger partial charge in [-0.05, 0) is 26.7 Å². The van der Waals surface area contributed by atoms with E-state index in [-0.39, 0.29) is 0 Å². The van der Waals surface area contributed by atoms with Crippen molar-refractivity contribution in [3.63, 3.8) is 0 Å². The molecule has 0 atom stereocenters. The van der Waals surface area contributed by atoms with Crippen molar-refractivity contribution in [3.05, 3.63) is 16.4 Å². The Hall–Kier alpha value is -1.07. The molecule has 0 bridgehead atoms. The lowest BCUT2D eigenvalue weighted by molar-refractivity contribution is -0.154. The van der Waals surface area contributed by atoms with Crippen LogP contribution in [0.2, 0.25) is 5.02 Å². The van der Waals surface area contributed by atoms with E-state index in [1.807, 2.05) is 13.8 Å². The van der Waals surface area contributed by atoms with Crippen LogP contribution in [0.3, 0.4) is 0 Å². The van der Waals surface area contributed by atoms with Crippen LogP contribution in [-0.2, 0) is 22.5 Å². The molecule has 0 spiro atoms. The van der Waals surface area contributed by atoms with Crippen LogP contribution in [0, 0.1) is 12.3 Å². The van der Waals surface area contributed by atoms with Crippen LogP contribution in [0.15, 0.2) is 0 Å². The number of aryl methyl sites for hydroxylation is 2. The van der Waals surface area contributed by atoms with Crippen molar-refractivity contribution in [3.8, 4) is 0 Å². The zero-order valence-electron chi connectivity index (χ0n) is 11.3. The minimum atomic E-state index is -0.777. The molecule has 1 aliphatic heterocycles. The summed E-state index contributed by atoms with van der Waals surface area (Å²) in [6.07, 6.45) is 1.46. The number of carboxylic acid groups (broad SMARTS) is 1. The molecule has 6 heteroatoms. The first-order valence-electron chi connectivity index (χ1n) is 6.53. The van der Waals surface area contributed by atoms with Gasteiger partial charge in [-0.3, -0.25) is 9.48 Å². The van der Waals surface area contributed by atoms with Gasteiger partial charge in [0, 0.05) is 26.2 Å². The fraction of sp³-hybridized carbons (Fsp3) is 0.692. The van der Waals surface area contributed by atoms with Crippen LogP contribution in [0.1, 0.15) is 31.2 Å². The molecule has 106 valence electrons. The summed E-state index contributed by atoms with van der Waals surface area (Å²) in [5, 5.41) is 14.5. The highest BCUT2D eigenvalue weighted by molar-refractivity contribution is 6.31. The summed E-state index contributed by atoms with van der Waals surface area (Å²) in [5.74, 6) is -0.770. The Kier molecular flexibility index (Phi) is 4.16. The molecule has 1 aliphatic rings. The van der Waals surface area contributed by atoms with Gasteiger partial charge in [-0.2, -0.15) is 5.10 Å². The Bertz CT molecular complexity index is 478. The molecule has 0 amide bonds. The van der Waals surface area contributed by atoms with Crippen LogP contribution in [0.5, 0.6) is 0 Å². The van der Waals surface area contributed by atoms with Crippen LogP contribution >= 0.6 is 11.6 Å². The van der Waals surface area contributed by atoms with Crippen LogP contribution in [0.4, 0.5) is 0 Å². The first kappa shape index (κ1) is 14.3. The lowest BCUT2D eigenvalue weighted by atomic mass is 9.76. The van der Waals surface area contributed by atoms with Gasteiger partial charge >= 0.3 is 5.97 Å². The highest BCUT2D eigenvalue weighted by atomic mass is 35.5. The summed E-state index contributed by atoms with van der Waals surface area (Å²) in [5.41, 5.74) is 0.804. The van der Waals surface area contributed by atoms with Crippen molar-refractivity contribution in [2.24, 2.45) is 5.41 Å². The van der Waals surface area contributed by atoms with E-state index in [1.165, 1.54) is 0 Å². The van der Waals surface area contributed by atoms with E-state index >= 15 is 0 Å². The van der Waals surface area contributed by atoms with Gasteiger partial charge in [-0.1, -0.05) is 11.6 Å². The third-order valence-electron chi connectivity index (χ3n) is 3.86. The second kappa shape index (κ2) is 5.51. The Balaban J connectivity index is 2.34. The van der Waals surface area contributed by atoms with Gasteiger partial charge in [0.05, 0.1) is 21.8 Å². The normalized spacial score (nSPS) is 18.5. The van der Waals surface area contributed by atoms with Gasteiger partial charge in [-0.25, -0.2) is 0 Å². The minimum absolute atomic E-state index is 0.416. The second-order valence-corrected chi connectivity index (χ2v) is 5.41. The fourth-order valence-corrected chi connectivity index (χ4v) is 2.79. The van der Waals surface area contributed by atoms with Crippen LogP contribution in [0.25, 0.3) is 0 Å². The zero-order chi connectivity index (χ0) is 14.0. The van der Waals surface area contributed by atoms with Gasteiger partial charge in [0.2, 0.25) is 0 Å². The summed E-state index contributed by atoms with van der Waals surface area (Å²) < 4.78 is 7.09. The monoisotopic (exact) mass is 286 g/mol. The number of hydrogen-bond donors (Lipinski definition) is 1. The van der Waals surface area contributed by atoms with E-state index < -0.39 is 11.4 Å². The number of nitrogens with zero attached hydrogens (tertiary/aromatic N) is 2. The topological polar surface area (TPSA) is 64.4 Å². The molecule has 1 N–H and O–H groups in total. The fourth-order valence-electron chi connectivity index (χ4n) is 2.59. The summed E-state index contributed by atoms with van der Waals surface area (Å²) in [6, 6.07) is 0. The molecule has 2 heterocycles. The smallest absolute Gasteiger partial charge is 0.310 e. The molecule has 5 nitrogen and oxygen atoms in total. The maximum Gasteiger partial charge on any atom is 0.310 e. The average Bonchev–Trinajstić information content (AvgIpc) is 2.67. The molecule has 1 fully saturated rings. The summed E-state index contributed by atoms with van der Waals surface area (Å²) in [6.45, 7) is 5.49. The lowest BCUT2D eigenvalue weighted by Gasteiger charge is -2.33. The first-order chi connectivity index (χ1) is 9.00. The molecule has 0 radical (unpaired) electrons. The van der Waals surface area contributed by atoms with Crippen molar-refractivity contribution in [1.29, 1.82) is 0 Å². The minimum Gasteiger partial charge on any atom is -0.481 e. The molecular weight excluding hydrogens is 268 g/mol. The van der Waals surface area contributed by atoms with E-state index in [0.717, 1.165) is 11.4 Å². The summed E-state index contributed by atoms with van der Waals surface area (Å²) in [4.78, 5) is 11.7. The lowest BCUT2D eigenvalue weighted by Crippen LogP contribution is -2.39. The van der Waals surface area contributed by atoms with E-state index in [9.17, 15) is 9.90 Å². The second-order valence-electron chi connectivity index (χ2n) is 5.04. The van der Waals surface area contributed by atoms with E-state index in [2.05, 4.69) is 5.10 Å². The maximum atomic E-state index is 11.7. The molecule has 0 aliphatic carbocycles. The Labute approximate surface area is 117 Å². The van der Waals surface area contributed by atoms with Gasteiger partial charge < -0.3 is 9.84 Å². The third kappa shape index (κ3) is 2.62. The highest BCUT2D eigenvalue weighted by Crippen LogP contribution is 2.37. The molecule has 2 rings (SSSR count). The van der Waals surface area contributed by atoms with Gasteiger partial charge in [0.25, 0.3) is 0 Å². The average molecular weight is 287 g/mol.